The summed E-state index contributed by atoms with van der Waals surface area (Å²) in [6, 6.07) is 14.2. The first-order valence-electron chi connectivity index (χ1n) is 10.9. The Hall–Kier alpha value is -2.91. The number of hydrogen-bond donors (Lipinski definition) is 3. The van der Waals surface area contributed by atoms with Crippen molar-refractivity contribution in [1.29, 1.82) is 0 Å². The number of guanidine groups is 1. The highest BCUT2D eigenvalue weighted by Gasteiger charge is 2.25. The number of H-pyrrole nitrogens is 1. The van der Waals surface area contributed by atoms with E-state index in [1.807, 2.05) is 36.5 Å². The van der Waals surface area contributed by atoms with Crippen LogP contribution in [0.25, 0.3) is 17.1 Å². The van der Waals surface area contributed by atoms with Gasteiger partial charge in [0.25, 0.3) is 5.91 Å². The predicted molar refractivity (Wildman–Crippen MR) is 140 cm³/mol. The van der Waals surface area contributed by atoms with Crippen LogP contribution in [-0.2, 0) is 4.79 Å². The second-order valence-corrected chi connectivity index (χ2v) is 8.30. The molecule has 4 heterocycles. The van der Waals surface area contributed by atoms with E-state index in [1.54, 1.807) is 12.3 Å². The molecule has 0 aliphatic carbocycles. The summed E-state index contributed by atoms with van der Waals surface area (Å²) in [7, 11) is 2.16. The van der Waals surface area contributed by atoms with Crippen molar-refractivity contribution in [2.75, 3.05) is 39.8 Å². The largest absolute Gasteiger partial charge is 0.348 e. The number of carbonyl (C=O) groups excluding carboxylic acids is 1. The molecule has 10 heteroatoms. The van der Waals surface area contributed by atoms with E-state index in [4.69, 9.17) is 0 Å². The summed E-state index contributed by atoms with van der Waals surface area (Å²) in [4.78, 5) is 29.4. The molecule has 0 radical (unpaired) electrons. The Morgan fingerprint density at radius 1 is 1.09 bits per heavy atom. The smallest absolute Gasteiger partial charge is 0.276 e. The zero-order valence-electron chi connectivity index (χ0n) is 18.9. The van der Waals surface area contributed by atoms with Gasteiger partial charge in [-0.1, -0.05) is 30.3 Å². The molecule has 0 saturated carbocycles. The van der Waals surface area contributed by atoms with E-state index in [-0.39, 0.29) is 36.8 Å². The van der Waals surface area contributed by atoms with Crippen molar-refractivity contribution in [2.45, 2.75) is 6.04 Å². The minimum atomic E-state index is -0.211. The summed E-state index contributed by atoms with van der Waals surface area (Å²) in [5.74, 6) is 0.277. The van der Waals surface area contributed by atoms with E-state index < -0.39 is 0 Å². The maximum absolute atomic E-state index is 12.6. The molecule has 3 N–H and O–H groups in total. The minimum absolute atomic E-state index is 0. The normalized spacial score (nSPS) is 18.7. The molecule has 34 heavy (non-hydrogen) atoms. The number of amides is 1. The fourth-order valence-corrected chi connectivity index (χ4v) is 4.15. The molecule has 1 amide bonds. The van der Waals surface area contributed by atoms with Crippen molar-refractivity contribution in [2.24, 2.45) is 4.99 Å². The fraction of sp³-hybridized carbons (Fsp3) is 0.292. The molecule has 2 aromatic heterocycles. The number of hydrogen-bond acceptors (Lipinski definition) is 6. The second-order valence-electron chi connectivity index (χ2n) is 8.30. The average Bonchev–Trinajstić information content (AvgIpc) is 3.38. The van der Waals surface area contributed by atoms with Crippen LogP contribution in [-0.4, -0.2) is 71.4 Å². The maximum Gasteiger partial charge on any atom is 0.276 e. The molecule has 1 aromatic carbocycles. The number of pyridine rings is 1. The third-order valence-electron chi connectivity index (χ3n) is 6.02. The first-order chi connectivity index (χ1) is 15.7. The van der Waals surface area contributed by atoms with E-state index >= 15 is 0 Å². The van der Waals surface area contributed by atoms with Gasteiger partial charge in [0.15, 0.2) is 0 Å². The molecule has 1 saturated heterocycles. The van der Waals surface area contributed by atoms with Crippen LogP contribution in [0.4, 0.5) is 0 Å². The number of rotatable bonds is 5. The number of fused-ring (bicyclic) bond motifs is 1. The van der Waals surface area contributed by atoms with Crippen LogP contribution in [0.1, 0.15) is 17.2 Å². The Kier molecular flexibility index (Phi) is 8.68. The number of aromatic nitrogens is 2. The molecular weight excluding hydrogens is 473 g/mol. The first kappa shape index (κ1) is 25.7. The van der Waals surface area contributed by atoms with Gasteiger partial charge in [0.1, 0.15) is 11.3 Å². The molecule has 180 valence electrons. The summed E-state index contributed by atoms with van der Waals surface area (Å²) >= 11 is 0. The lowest BCUT2D eigenvalue weighted by Crippen LogP contribution is -2.49. The van der Waals surface area contributed by atoms with Gasteiger partial charge in [-0.05, 0) is 30.8 Å². The van der Waals surface area contributed by atoms with Gasteiger partial charge in [0.2, 0.25) is 5.96 Å². The molecule has 0 spiro atoms. The lowest BCUT2D eigenvalue weighted by molar-refractivity contribution is -0.115. The predicted octanol–water partition coefficient (Wildman–Crippen LogP) is 2.81. The Balaban J connectivity index is 0.00000162. The standard InChI is InChI=1S/C24H27N7O.2ClH/c1-30-10-12-31(13-11-30)16-21(17-6-3-2-4-7-17)28-24-27-20(23(32)29-24)14-18-15-26-22-19(18)8-5-9-25-22;;/h2-9,14-15,21H,10-13,16H2,1H3,(H,25,26)(H2,27,28,29,32);2*1H/b20-14-;;/t21-;;/m1../s1. The summed E-state index contributed by atoms with van der Waals surface area (Å²) in [6.07, 6.45) is 5.38. The van der Waals surface area contributed by atoms with Gasteiger partial charge in [-0.2, -0.15) is 0 Å². The van der Waals surface area contributed by atoms with Gasteiger partial charge in [0.05, 0.1) is 6.04 Å². The number of nitrogens with zero attached hydrogens (tertiary/aromatic N) is 4. The summed E-state index contributed by atoms with van der Waals surface area (Å²) in [5, 5.41) is 7.32. The van der Waals surface area contributed by atoms with Crippen LogP contribution >= 0.6 is 24.8 Å². The minimum Gasteiger partial charge on any atom is -0.348 e. The zero-order chi connectivity index (χ0) is 21.9. The van der Waals surface area contributed by atoms with Crippen LogP contribution in [0.2, 0.25) is 0 Å². The first-order valence-corrected chi connectivity index (χ1v) is 10.9. The molecular formula is C24H29Cl2N7O. The van der Waals surface area contributed by atoms with E-state index in [1.165, 1.54) is 5.56 Å². The number of nitrogens with one attached hydrogen (secondary N) is 3. The Morgan fingerprint density at radius 2 is 1.85 bits per heavy atom. The highest BCUT2D eigenvalue weighted by molar-refractivity contribution is 6.14. The van der Waals surface area contributed by atoms with Crippen LogP contribution in [0.3, 0.4) is 0 Å². The van der Waals surface area contributed by atoms with Crippen molar-refractivity contribution in [3.05, 3.63) is 71.7 Å². The molecule has 5 rings (SSSR count). The molecule has 3 aromatic rings. The number of carbonyl (C=O) groups is 1. The lowest BCUT2D eigenvalue weighted by Gasteiger charge is -2.35. The molecule has 1 fully saturated rings. The zero-order valence-corrected chi connectivity index (χ0v) is 20.5. The quantitative estimate of drug-likeness (QED) is 0.467. The third-order valence-corrected chi connectivity index (χ3v) is 6.02. The number of piperazine rings is 1. The molecule has 1 atom stereocenters. The van der Waals surface area contributed by atoms with Crippen LogP contribution < -0.4 is 10.6 Å². The molecule has 8 nitrogen and oxygen atoms in total. The Bertz CT molecular complexity index is 1170. The summed E-state index contributed by atoms with van der Waals surface area (Å²) in [5.41, 5.74) is 3.23. The summed E-state index contributed by atoms with van der Waals surface area (Å²) < 4.78 is 0. The Labute approximate surface area is 211 Å². The van der Waals surface area contributed by atoms with Crippen LogP contribution in [0.15, 0.2) is 65.5 Å². The Morgan fingerprint density at radius 3 is 2.62 bits per heavy atom. The van der Waals surface area contributed by atoms with Crippen molar-refractivity contribution in [3.63, 3.8) is 0 Å². The number of likely N-dealkylation sites (N-methyl/N-ethyl adjacent to an activating group) is 1. The molecule has 0 bridgehead atoms. The maximum atomic E-state index is 12.6. The van der Waals surface area contributed by atoms with Gasteiger partial charge in [-0.25, -0.2) is 9.98 Å². The number of benzene rings is 1. The second kappa shape index (κ2) is 11.5. The number of aromatic amines is 1. The molecule has 0 unspecified atom stereocenters. The highest BCUT2D eigenvalue weighted by Crippen LogP contribution is 2.21. The molecule has 2 aliphatic heterocycles. The number of halogens is 2. The van der Waals surface area contributed by atoms with Crippen LogP contribution in [0.5, 0.6) is 0 Å². The van der Waals surface area contributed by atoms with E-state index in [0.717, 1.165) is 49.3 Å². The SMILES string of the molecule is CN1CCN(C[C@@H](NC2=N/C(=C\c3c[nH]c4ncccc34)C(=O)N2)c2ccccc2)CC1.Cl.Cl. The van der Waals surface area contributed by atoms with Gasteiger partial charge < -0.3 is 15.2 Å². The van der Waals surface area contributed by atoms with E-state index in [9.17, 15) is 4.79 Å². The molecule has 2 aliphatic rings. The van der Waals surface area contributed by atoms with Gasteiger partial charge in [-0.3, -0.25) is 15.0 Å². The monoisotopic (exact) mass is 501 g/mol. The van der Waals surface area contributed by atoms with Crippen molar-refractivity contribution >= 4 is 53.8 Å². The van der Waals surface area contributed by atoms with Crippen molar-refractivity contribution < 1.29 is 4.79 Å². The van der Waals surface area contributed by atoms with Crippen LogP contribution in [0, 0.1) is 0 Å². The average molecular weight is 502 g/mol. The van der Waals surface area contributed by atoms with Crippen molar-refractivity contribution in [1.82, 2.24) is 30.4 Å². The van der Waals surface area contributed by atoms with Gasteiger partial charge in [-0.15, -0.1) is 24.8 Å². The topological polar surface area (TPSA) is 88.7 Å². The lowest BCUT2D eigenvalue weighted by atomic mass is 10.1. The van der Waals surface area contributed by atoms with E-state index in [2.05, 4.69) is 54.6 Å². The highest BCUT2D eigenvalue weighted by atomic mass is 35.5. The van der Waals surface area contributed by atoms with E-state index in [0.29, 0.717) is 11.7 Å². The fourth-order valence-electron chi connectivity index (χ4n) is 4.15. The van der Waals surface area contributed by atoms with Gasteiger partial charge in [0, 0.05) is 56.1 Å². The summed E-state index contributed by atoms with van der Waals surface area (Å²) in [6.45, 7) is 5.03. The van der Waals surface area contributed by atoms with Crippen molar-refractivity contribution in [3.8, 4) is 0 Å². The number of aliphatic imine (C=N–C) groups is 1. The van der Waals surface area contributed by atoms with Gasteiger partial charge >= 0.3 is 0 Å². The third kappa shape index (κ3) is 5.77.